The number of hydrogen-bond donors (Lipinski definition) is 10. The molecule has 24 heteroatoms. The van der Waals surface area contributed by atoms with E-state index in [1.807, 2.05) is 23.5 Å². The number of benzene rings is 2. The number of hydrogen-bond acceptors (Lipinski definition) is 18. The second-order valence-corrected chi connectivity index (χ2v) is 20.8. The summed E-state index contributed by atoms with van der Waals surface area (Å²) in [5.74, 6) is 1.78. The summed E-state index contributed by atoms with van der Waals surface area (Å²) < 4.78 is 3.17. The fraction of sp³-hybridized carbons (Fsp3) is 0.407. The van der Waals surface area contributed by atoms with E-state index in [9.17, 15) is 9.59 Å². The first-order chi connectivity index (χ1) is 37.8. The lowest BCUT2D eigenvalue weighted by atomic mass is 9.93. The maximum Gasteiger partial charge on any atom is 0.325 e. The highest BCUT2D eigenvalue weighted by Gasteiger charge is 2.28. The Labute approximate surface area is 457 Å². The fourth-order valence-electron chi connectivity index (χ4n) is 10.7. The van der Waals surface area contributed by atoms with Crippen LogP contribution in [0.4, 0.5) is 23.5 Å². The summed E-state index contributed by atoms with van der Waals surface area (Å²) in [6.07, 6.45) is 23.5. The number of aromatic amines is 1. The van der Waals surface area contributed by atoms with Crippen LogP contribution in [0.5, 0.6) is 0 Å². The van der Waals surface area contributed by atoms with Crippen LogP contribution in [0.1, 0.15) is 78.6 Å². The van der Waals surface area contributed by atoms with Crippen molar-refractivity contribution in [3.8, 4) is 22.3 Å². The van der Waals surface area contributed by atoms with Crippen molar-refractivity contribution in [1.82, 2.24) is 81.5 Å². The molecular weight excluding hydrogens is 1010 g/mol. The van der Waals surface area contributed by atoms with Gasteiger partial charge in [-0.15, -0.1) is 12.4 Å². The predicted molar refractivity (Wildman–Crippen MR) is 296 cm³/mol. The number of nitrogens with zero attached hydrogens (tertiary/aromatic N) is 11. The summed E-state index contributed by atoms with van der Waals surface area (Å²) in [5, 5.41) is 46.4. The molecule has 1 amide bonds. The lowest BCUT2D eigenvalue weighted by molar-refractivity contribution is -0.138. The number of carbonyl (C=O) groups is 2. The van der Waals surface area contributed by atoms with Crippen molar-refractivity contribution in [2.45, 2.75) is 121 Å². The number of carboxylic acids is 1. The number of rotatable bonds is 14. The zero-order valence-electron chi connectivity index (χ0n) is 43.2. The van der Waals surface area contributed by atoms with Gasteiger partial charge in [-0.1, -0.05) is 48.5 Å². The van der Waals surface area contributed by atoms with Gasteiger partial charge in [0.1, 0.15) is 18.8 Å². The Kier molecular flexibility index (Phi) is 15.7. The Bertz CT molecular complexity index is 3170. The SMILES string of the molecule is C1CC2=C(CN1)NNN2.Cl.O=C(Cn1cc(-c2cnc(NC3Cc4ccccc4C3)nc2)c(NC2CCC2)n1)N1CCc2n[nH]nc2C1.O=C(O)Cn1cc(-c2cnc(NC3Cc4ccccc4C3)nc2)c(NC2CCC2)n1. The van der Waals surface area contributed by atoms with E-state index in [1.165, 1.54) is 51.2 Å². The topological polar surface area (TPSA) is 283 Å². The van der Waals surface area contributed by atoms with Gasteiger partial charge in [0.15, 0.2) is 11.6 Å². The molecule has 7 aromatic rings. The maximum absolute atomic E-state index is 13.1. The molecule has 7 aliphatic rings. The lowest BCUT2D eigenvalue weighted by Gasteiger charge is -2.27. The molecule has 10 N–H and O–H groups in total. The second-order valence-electron chi connectivity index (χ2n) is 20.8. The van der Waals surface area contributed by atoms with Crippen molar-refractivity contribution < 1.29 is 14.7 Å². The van der Waals surface area contributed by atoms with E-state index in [2.05, 4.69) is 132 Å². The van der Waals surface area contributed by atoms with Crippen LogP contribution in [0, 0.1) is 0 Å². The van der Waals surface area contributed by atoms with Gasteiger partial charge in [-0.25, -0.2) is 19.9 Å². The molecule has 5 aromatic heterocycles. The van der Waals surface area contributed by atoms with Crippen LogP contribution < -0.4 is 43.0 Å². The van der Waals surface area contributed by atoms with Crippen molar-refractivity contribution in [3.05, 3.63) is 131 Å². The van der Waals surface area contributed by atoms with Crippen molar-refractivity contribution >= 4 is 47.8 Å². The number of fused-ring (bicyclic) bond motifs is 3. The molecule has 2 aromatic carbocycles. The van der Waals surface area contributed by atoms with Gasteiger partial charge in [0.25, 0.3) is 0 Å². The summed E-state index contributed by atoms with van der Waals surface area (Å²) in [7, 11) is 0. The first-order valence-electron chi connectivity index (χ1n) is 26.9. The third kappa shape index (κ3) is 12.2. The molecule has 0 radical (unpaired) electrons. The van der Waals surface area contributed by atoms with Crippen LogP contribution in [-0.2, 0) is 61.3 Å². The number of H-pyrrole nitrogens is 1. The first kappa shape index (κ1) is 51.9. The summed E-state index contributed by atoms with van der Waals surface area (Å²) in [5.41, 5.74) is 22.2. The summed E-state index contributed by atoms with van der Waals surface area (Å²) in [6.45, 7) is 3.12. The summed E-state index contributed by atoms with van der Waals surface area (Å²) in [4.78, 5) is 44.2. The molecule has 406 valence electrons. The summed E-state index contributed by atoms with van der Waals surface area (Å²) >= 11 is 0. The standard InChI is InChI=1S/C27H30N10O.C22H24N6O2.C5H10N4.ClH/c38-25(36-9-8-23-24(15-36)33-35-32-23)16-37-14-22(26(34-37)30-20-6-3-7-20)19-12-28-27(29-13-19)31-21-10-17-4-1-2-5-18(17)11-21;29-20(30)13-28-12-19(21(27-28)25-17-6-3-7-17)16-10-23-22(24-11-16)26-18-8-14-4-1-2-5-15(14)9-18;1-2-6-3-5-4(1)7-9-8-5;/h1-2,4-5,12-14,20-21H,3,6-11,15-16H2,(H,30,34)(H,28,29,31)(H,32,33,35);1-2,4-5,10-12,17-18H,3,6-9,13H2,(H,25,27)(H,29,30)(H,23,24,26);6-9H,1-3H2;1H. The smallest absolute Gasteiger partial charge is 0.325 e. The van der Waals surface area contributed by atoms with Gasteiger partial charge in [0.05, 0.1) is 23.6 Å². The van der Waals surface area contributed by atoms with Crippen LogP contribution in [0.25, 0.3) is 22.3 Å². The minimum absolute atomic E-state index is 0. The molecule has 0 spiro atoms. The molecule has 78 heavy (non-hydrogen) atoms. The van der Waals surface area contributed by atoms with E-state index in [4.69, 9.17) is 10.2 Å². The summed E-state index contributed by atoms with van der Waals surface area (Å²) in [6, 6.07) is 18.5. The van der Waals surface area contributed by atoms with E-state index in [0.717, 1.165) is 110 Å². The molecule has 2 fully saturated rings. The number of anilines is 4. The molecule has 0 unspecified atom stereocenters. The third-order valence-electron chi connectivity index (χ3n) is 15.4. The second kappa shape index (κ2) is 23.6. The number of carbonyl (C=O) groups excluding carboxylic acids is 1. The van der Waals surface area contributed by atoms with Gasteiger partial charge in [-0.3, -0.25) is 19.0 Å². The van der Waals surface area contributed by atoms with E-state index in [-0.39, 0.29) is 31.4 Å². The van der Waals surface area contributed by atoms with Crippen LogP contribution in [0.15, 0.2) is 97.1 Å². The first-order valence-corrected chi connectivity index (χ1v) is 26.9. The van der Waals surface area contributed by atoms with Crippen LogP contribution in [0.3, 0.4) is 0 Å². The maximum atomic E-state index is 13.1. The van der Waals surface area contributed by atoms with Crippen molar-refractivity contribution in [2.75, 3.05) is 40.9 Å². The Hall–Kier alpha value is -8.15. The third-order valence-corrected chi connectivity index (χ3v) is 15.4. The van der Waals surface area contributed by atoms with Gasteiger partial charge < -0.3 is 47.4 Å². The number of aliphatic carboxylic acids is 1. The lowest BCUT2D eigenvalue weighted by Crippen LogP contribution is -2.38. The van der Waals surface area contributed by atoms with Gasteiger partial charge in [-0.05, 0) is 86.5 Å². The number of carboxylic acid groups (broad SMARTS) is 1. The zero-order valence-corrected chi connectivity index (χ0v) is 44.0. The highest BCUT2D eigenvalue weighted by atomic mass is 35.5. The molecule has 0 atom stereocenters. The molecule has 23 nitrogen and oxygen atoms in total. The number of halogens is 1. The monoisotopic (exact) mass is 1080 g/mol. The fourth-order valence-corrected chi connectivity index (χ4v) is 10.7. The van der Waals surface area contributed by atoms with Gasteiger partial charge >= 0.3 is 5.97 Å². The Balaban J connectivity index is 0.000000143. The Morgan fingerprint density at radius 1 is 0.615 bits per heavy atom. The molecular formula is C54H65ClN20O3. The minimum atomic E-state index is -0.924. The number of amides is 1. The average Bonchev–Trinajstić information content (AvgIpc) is 4.30. The van der Waals surface area contributed by atoms with E-state index >= 15 is 0 Å². The van der Waals surface area contributed by atoms with Crippen LogP contribution in [0.2, 0.25) is 0 Å². The van der Waals surface area contributed by atoms with E-state index in [1.54, 1.807) is 23.3 Å². The number of nitrogens with one attached hydrogen (secondary N) is 9. The quantitative estimate of drug-likeness (QED) is 0.0701. The zero-order chi connectivity index (χ0) is 52.1. The van der Waals surface area contributed by atoms with E-state index < -0.39 is 5.97 Å². The van der Waals surface area contributed by atoms with E-state index in [0.29, 0.717) is 61.4 Å². The normalized spacial score (nSPS) is 17.4. The Morgan fingerprint density at radius 3 is 1.60 bits per heavy atom. The van der Waals surface area contributed by atoms with Crippen molar-refractivity contribution in [3.63, 3.8) is 0 Å². The van der Waals surface area contributed by atoms with Gasteiger partial charge in [0.2, 0.25) is 17.8 Å². The number of aromatic nitrogens is 11. The van der Waals surface area contributed by atoms with Gasteiger partial charge in [0, 0.05) is 116 Å². The molecule has 4 aliphatic carbocycles. The number of hydrazine groups is 2. The molecule has 0 saturated heterocycles. The Morgan fingerprint density at radius 2 is 1.12 bits per heavy atom. The van der Waals surface area contributed by atoms with Crippen LogP contribution >= 0.6 is 12.4 Å². The van der Waals surface area contributed by atoms with Gasteiger partial charge in [-0.2, -0.15) is 31.1 Å². The highest BCUT2D eigenvalue weighted by Crippen LogP contribution is 2.33. The molecule has 2 saturated carbocycles. The van der Waals surface area contributed by atoms with Crippen molar-refractivity contribution in [1.29, 1.82) is 0 Å². The molecule has 14 rings (SSSR count). The highest BCUT2D eigenvalue weighted by molar-refractivity contribution is 5.85. The minimum Gasteiger partial charge on any atom is -0.480 e. The van der Waals surface area contributed by atoms with Crippen LogP contribution in [-0.4, -0.2) is 121 Å². The largest absolute Gasteiger partial charge is 0.480 e. The van der Waals surface area contributed by atoms with Crippen molar-refractivity contribution in [2.24, 2.45) is 0 Å². The predicted octanol–water partition coefficient (Wildman–Crippen LogP) is 4.78. The average molecular weight is 1080 g/mol. The molecule has 8 heterocycles. The molecule has 0 bridgehead atoms. The molecule has 3 aliphatic heterocycles.